The van der Waals surface area contributed by atoms with Crippen molar-refractivity contribution in [2.24, 2.45) is 5.92 Å². The zero-order valence-corrected chi connectivity index (χ0v) is 17.2. The summed E-state index contributed by atoms with van der Waals surface area (Å²) in [6.45, 7) is 9.86. The number of para-hydroxylation sites is 2. The Hall–Kier alpha value is -2.82. The van der Waals surface area contributed by atoms with Gasteiger partial charge in [0.15, 0.2) is 6.61 Å². The lowest BCUT2D eigenvalue weighted by atomic mass is 10.1. The summed E-state index contributed by atoms with van der Waals surface area (Å²) in [5.41, 5.74) is 4.30. The Morgan fingerprint density at radius 1 is 1.18 bits per heavy atom. The molecule has 0 fully saturated rings. The quantitative estimate of drug-likeness (QED) is 0.642. The number of aromatic nitrogens is 2. The molecule has 0 aliphatic carbocycles. The Bertz CT molecular complexity index is 960. The van der Waals surface area contributed by atoms with Gasteiger partial charge in [-0.25, -0.2) is 4.98 Å². The van der Waals surface area contributed by atoms with E-state index in [4.69, 9.17) is 9.72 Å². The fourth-order valence-electron chi connectivity index (χ4n) is 3.26. The first kappa shape index (κ1) is 19.9. The molecule has 5 nitrogen and oxygen atoms in total. The van der Waals surface area contributed by atoms with Crippen molar-refractivity contribution in [3.05, 3.63) is 59.4 Å². The Morgan fingerprint density at radius 2 is 1.96 bits per heavy atom. The molecule has 0 bridgehead atoms. The number of benzene rings is 2. The molecule has 0 saturated heterocycles. The number of ether oxygens (including phenoxy) is 1. The van der Waals surface area contributed by atoms with Crippen LogP contribution in [-0.4, -0.2) is 28.6 Å². The molecule has 148 valence electrons. The normalized spacial score (nSPS) is 11.2. The molecule has 0 unspecified atom stereocenters. The number of imidazole rings is 1. The summed E-state index contributed by atoms with van der Waals surface area (Å²) in [7, 11) is 0. The van der Waals surface area contributed by atoms with Crippen molar-refractivity contribution in [2.75, 3.05) is 13.2 Å². The van der Waals surface area contributed by atoms with Crippen LogP contribution < -0.4 is 10.1 Å². The van der Waals surface area contributed by atoms with Gasteiger partial charge in [0.1, 0.15) is 11.6 Å². The van der Waals surface area contributed by atoms with E-state index in [0.29, 0.717) is 18.9 Å². The SMILES string of the molecule is Cc1ccc(C)c(OCC(=O)NCCc2nc3ccccc3n2CC(C)C)c1. The van der Waals surface area contributed by atoms with Gasteiger partial charge in [-0.15, -0.1) is 0 Å². The van der Waals surface area contributed by atoms with E-state index in [0.717, 1.165) is 40.3 Å². The Labute approximate surface area is 166 Å². The maximum absolute atomic E-state index is 12.2. The molecule has 2 aromatic carbocycles. The third-order valence-electron chi connectivity index (χ3n) is 4.65. The van der Waals surface area contributed by atoms with E-state index in [1.165, 1.54) is 0 Å². The third-order valence-corrected chi connectivity index (χ3v) is 4.65. The van der Waals surface area contributed by atoms with Gasteiger partial charge in [-0.1, -0.05) is 38.1 Å². The van der Waals surface area contributed by atoms with Gasteiger partial charge >= 0.3 is 0 Å². The number of nitrogens with one attached hydrogen (secondary N) is 1. The minimum atomic E-state index is -0.118. The highest BCUT2D eigenvalue weighted by atomic mass is 16.5. The molecule has 28 heavy (non-hydrogen) atoms. The molecule has 0 atom stereocenters. The molecule has 0 saturated carbocycles. The number of amides is 1. The standard InChI is InChI=1S/C23H29N3O2/c1-16(2)14-26-20-8-6-5-7-19(20)25-22(26)11-12-24-23(27)15-28-21-13-17(3)9-10-18(21)4/h5-10,13,16H,11-12,14-15H2,1-4H3,(H,24,27). The van der Waals surface area contributed by atoms with E-state index >= 15 is 0 Å². The molecular formula is C23H29N3O2. The lowest BCUT2D eigenvalue weighted by Gasteiger charge is -2.13. The summed E-state index contributed by atoms with van der Waals surface area (Å²) in [5.74, 6) is 2.17. The number of carbonyl (C=O) groups is 1. The van der Waals surface area contributed by atoms with Gasteiger partial charge in [-0.05, 0) is 49.1 Å². The third kappa shape index (κ3) is 4.91. The van der Waals surface area contributed by atoms with E-state index in [1.807, 2.05) is 50.2 Å². The highest BCUT2D eigenvalue weighted by Crippen LogP contribution is 2.19. The first-order valence-electron chi connectivity index (χ1n) is 9.85. The molecule has 0 aliphatic rings. The minimum absolute atomic E-state index is 0.0205. The monoisotopic (exact) mass is 379 g/mol. The second kappa shape index (κ2) is 8.91. The van der Waals surface area contributed by atoms with Crippen molar-refractivity contribution in [2.45, 2.75) is 40.7 Å². The van der Waals surface area contributed by atoms with E-state index in [9.17, 15) is 4.79 Å². The molecule has 1 N–H and O–H groups in total. The predicted molar refractivity (Wildman–Crippen MR) is 113 cm³/mol. The second-order valence-electron chi connectivity index (χ2n) is 7.68. The second-order valence-corrected chi connectivity index (χ2v) is 7.68. The highest BCUT2D eigenvalue weighted by Gasteiger charge is 2.12. The minimum Gasteiger partial charge on any atom is -0.483 e. The van der Waals surface area contributed by atoms with Crippen LogP contribution in [0.25, 0.3) is 11.0 Å². The molecule has 3 aromatic rings. The Kier molecular flexibility index (Phi) is 6.34. The highest BCUT2D eigenvalue weighted by molar-refractivity contribution is 5.78. The van der Waals surface area contributed by atoms with Gasteiger partial charge in [0.2, 0.25) is 0 Å². The van der Waals surface area contributed by atoms with Crippen LogP contribution in [0.4, 0.5) is 0 Å². The maximum atomic E-state index is 12.2. The molecule has 1 amide bonds. The first-order chi connectivity index (χ1) is 13.4. The fraction of sp³-hybridized carbons (Fsp3) is 0.391. The van der Waals surface area contributed by atoms with Crippen molar-refractivity contribution >= 4 is 16.9 Å². The number of hydrogen-bond acceptors (Lipinski definition) is 3. The molecule has 5 heteroatoms. The van der Waals surface area contributed by atoms with E-state index in [2.05, 4.69) is 29.8 Å². The number of fused-ring (bicyclic) bond motifs is 1. The summed E-state index contributed by atoms with van der Waals surface area (Å²) in [6.07, 6.45) is 0.691. The molecular weight excluding hydrogens is 350 g/mol. The molecule has 1 aromatic heterocycles. The molecule has 0 radical (unpaired) electrons. The number of hydrogen-bond donors (Lipinski definition) is 1. The maximum Gasteiger partial charge on any atom is 0.257 e. The molecule has 3 rings (SSSR count). The molecule has 0 aliphatic heterocycles. The zero-order valence-electron chi connectivity index (χ0n) is 17.2. The Morgan fingerprint density at radius 3 is 2.75 bits per heavy atom. The number of aryl methyl sites for hydroxylation is 2. The van der Waals surface area contributed by atoms with Crippen LogP contribution >= 0.6 is 0 Å². The van der Waals surface area contributed by atoms with Gasteiger partial charge in [-0.2, -0.15) is 0 Å². The van der Waals surface area contributed by atoms with Crippen LogP contribution in [-0.2, 0) is 17.8 Å². The average Bonchev–Trinajstić information content (AvgIpc) is 2.99. The van der Waals surface area contributed by atoms with Crippen molar-refractivity contribution in [1.82, 2.24) is 14.9 Å². The topological polar surface area (TPSA) is 56.1 Å². The lowest BCUT2D eigenvalue weighted by molar-refractivity contribution is -0.123. The summed E-state index contributed by atoms with van der Waals surface area (Å²) in [4.78, 5) is 16.9. The zero-order chi connectivity index (χ0) is 20.1. The van der Waals surface area contributed by atoms with Crippen molar-refractivity contribution < 1.29 is 9.53 Å². The van der Waals surface area contributed by atoms with Crippen LogP contribution in [0.1, 0.15) is 30.8 Å². The number of nitrogens with zero attached hydrogens (tertiary/aromatic N) is 2. The van der Waals surface area contributed by atoms with E-state index in [1.54, 1.807) is 0 Å². The van der Waals surface area contributed by atoms with Gasteiger partial charge in [0.05, 0.1) is 11.0 Å². The fourth-order valence-corrected chi connectivity index (χ4v) is 3.26. The van der Waals surface area contributed by atoms with E-state index in [-0.39, 0.29) is 12.5 Å². The predicted octanol–water partition coefficient (Wildman–Crippen LogP) is 4.05. The smallest absolute Gasteiger partial charge is 0.257 e. The summed E-state index contributed by atoms with van der Waals surface area (Å²) in [6, 6.07) is 14.2. The largest absolute Gasteiger partial charge is 0.483 e. The van der Waals surface area contributed by atoms with Crippen molar-refractivity contribution in [3.8, 4) is 5.75 Å². The van der Waals surface area contributed by atoms with Crippen LogP contribution in [0.3, 0.4) is 0 Å². The van der Waals surface area contributed by atoms with Gasteiger partial charge in [0.25, 0.3) is 5.91 Å². The Balaban J connectivity index is 1.57. The van der Waals surface area contributed by atoms with Crippen molar-refractivity contribution in [3.63, 3.8) is 0 Å². The van der Waals surface area contributed by atoms with Crippen molar-refractivity contribution in [1.29, 1.82) is 0 Å². The van der Waals surface area contributed by atoms with Gasteiger partial charge in [-0.3, -0.25) is 4.79 Å². The van der Waals surface area contributed by atoms with Gasteiger partial charge < -0.3 is 14.6 Å². The van der Waals surface area contributed by atoms with Crippen LogP contribution in [0.15, 0.2) is 42.5 Å². The summed E-state index contributed by atoms with van der Waals surface area (Å²) in [5, 5.41) is 2.94. The number of rotatable bonds is 8. The first-order valence-corrected chi connectivity index (χ1v) is 9.85. The van der Waals surface area contributed by atoms with Crippen LogP contribution in [0.5, 0.6) is 5.75 Å². The van der Waals surface area contributed by atoms with Crippen LogP contribution in [0, 0.1) is 19.8 Å². The van der Waals surface area contributed by atoms with Gasteiger partial charge in [0, 0.05) is 19.5 Å². The lowest BCUT2D eigenvalue weighted by Crippen LogP contribution is -2.31. The number of carbonyl (C=O) groups excluding carboxylic acids is 1. The van der Waals surface area contributed by atoms with E-state index < -0.39 is 0 Å². The summed E-state index contributed by atoms with van der Waals surface area (Å²) < 4.78 is 7.94. The summed E-state index contributed by atoms with van der Waals surface area (Å²) >= 11 is 0. The molecule has 1 heterocycles. The molecule has 0 spiro atoms. The van der Waals surface area contributed by atoms with Crippen LogP contribution in [0.2, 0.25) is 0 Å². The average molecular weight is 380 g/mol.